The van der Waals surface area contributed by atoms with Crippen LogP contribution in [0.25, 0.3) is 0 Å². The number of hydrogen-bond donors (Lipinski definition) is 2. The van der Waals surface area contributed by atoms with Crippen molar-refractivity contribution in [2.75, 3.05) is 40.1 Å². The van der Waals surface area contributed by atoms with Gasteiger partial charge in [0.05, 0.1) is 6.61 Å². The fourth-order valence-corrected chi connectivity index (χ4v) is 0.839. The first kappa shape index (κ1) is 15.3. The molecule has 1 unspecified atom stereocenters. The molecule has 0 radical (unpaired) electrons. The van der Waals surface area contributed by atoms with E-state index in [0.717, 1.165) is 6.42 Å². The number of ether oxygens (including phenoxy) is 3. The summed E-state index contributed by atoms with van der Waals surface area (Å²) in [5.41, 5.74) is 3.58. The van der Waals surface area contributed by atoms with Crippen molar-refractivity contribution in [1.29, 1.82) is 0 Å². The maximum atomic E-state index is 11.2. The summed E-state index contributed by atoms with van der Waals surface area (Å²) < 4.78 is 14.8. The summed E-state index contributed by atoms with van der Waals surface area (Å²) >= 11 is 0. The fourth-order valence-electron chi connectivity index (χ4n) is 0.839. The van der Waals surface area contributed by atoms with Crippen LogP contribution >= 0.6 is 0 Å². The maximum absolute atomic E-state index is 11.2. The number of rotatable bonds is 9. The summed E-state index contributed by atoms with van der Waals surface area (Å²) in [6.07, 6.45) is 0.797. The van der Waals surface area contributed by atoms with E-state index in [1.807, 2.05) is 0 Å². The first-order valence-corrected chi connectivity index (χ1v) is 5.21. The Labute approximate surface area is 95.7 Å². The molecule has 16 heavy (non-hydrogen) atoms. The second-order valence-corrected chi connectivity index (χ2v) is 3.57. The Kier molecular flexibility index (Phi) is 8.10. The topological polar surface area (TPSA) is 91.0 Å². The monoisotopic (exact) mass is 235 g/mol. The first-order valence-electron chi connectivity index (χ1n) is 5.21. The van der Waals surface area contributed by atoms with Crippen LogP contribution in [0, 0.1) is 0 Å². The van der Waals surface area contributed by atoms with E-state index in [0.29, 0.717) is 19.8 Å². The predicted molar refractivity (Wildman–Crippen MR) is 57.9 cm³/mol. The Bertz CT molecular complexity index is 196. The van der Waals surface area contributed by atoms with Crippen molar-refractivity contribution >= 4 is 5.97 Å². The fraction of sp³-hybridized carbons (Fsp3) is 0.900. The average Bonchev–Trinajstić information content (AvgIpc) is 2.27. The molecule has 0 spiro atoms. The van der Waals surface area contributed by atoms with Gasteiger partial charge in [0, 0.05) is 26.9 Å². The minimum absolute atomic E-state index is 0.113. The number of aliphatic hydroxyl groups is 1. The Balaban J connectivity index is 3.42. The molecule has 0 aliphatic heterocycles. The van der Waals surface area contributed by atoms with Crippen molar-refractivity contribution in [2.24, 2.45) is 5.73 Å². The van der Waals surface area contributed by atoms with E-state index in [2.05, 4.69) is 0 Å². The largest absolute Gasteiger partial charge is 0.461 e. The number of carbonyl (C=O) groups is 1. The first-order chi connectivity index (χ1) is 7.54. The third-order valence-electron chi connectivity index (χ3n) is 1.94. The molecular weight excluding hydrogens is 214 g/mol. The molecule has 6 nitrogen and oxygen atoms in total. The van der Waals surface area contributed by atoms with E-state index in [4.69, 9.17) is 19.9 Å². The van der Waals surface area contributed by atoms with Gasteiger partial charge in [-0.05, 0) is 13.3 Å². The van der Waals surface area contributed by atoms with Gasteiger partial charge in [-0.3, -0.25) is 0 Å². The lowest BCUT2D eigenvalue weighted by atomic mass is 10.1. The lowest BCUT2D eigenvalue weighted by Gasteiger charge is -2.18. The van der Waals surface area contributed by atoms with Gasteiger partial charge >= 0.3 is 5.97 Å². The van der Waals surface area contributed by atoms with Crippen molar-refractivity contribution in [2.45, 2.75) is 18.9 Å². The second-order valence-electron chi connectivity index (χ2n) is 3.57. The molecule has 0 fully saturated rings. The maximum Gasteiger partial charge on any atom is 0.339 e. The van der Waals surface area contributed by atoms with Gasteiger partial charge in [0.2, 0.25) is 0 Å². The molecule has 0 amide bonds. The predicted octanol–water partition coefficient (Wildman–Crippen LogP) is -0.708. The van der Waals surface area contributed by atoms with Crippen LogP contribution in [0.4, 0.5) is 0 Å². The number of hydrogen-bond acceptors (Lipinski definition) is 6. The molecule has 0 heterocycles. The van der Waals surface area contributed by atoms with E-state index in [9.17, 15) is 9.90 Å². The standard InChI is InChI=1S/C10H21NO5/c1-10(13,8-11)9(12)16-7-6-15-5-3-4-14-2/h13H,3-8,11H2,1-2H3. The number of nitrogens with two attached hydrogens (primary N) is 1. The third kappa shape index (κ3) is 6.73. The van der Waals surface area contributed by atoms with Crippen molar-refractivity contribution in [1.82, 2.24) is 0 Å². The summed E-state index contributed by atoms with van der Waals surface area (Å²) in [4.78, 5) is 11.2. The smallest absolute Gasteiger partial charge is 0.339 e. The van der Waals surface area contributed by atoms with E-state index in [-0.39, 0.29) is 13.2 Å². The Hall–Kier alpha value is -0.690. The molecule has 0 aliphatic rings. The van der Waals surface area contributed by atoms with Crippen molar-refractivity contribution in [3.05, 3.63) is 0 Å². The number of carbonyl (C=O) groups excluding carboxylic acids is 1. The number of methoxy groups -OCH3 is 1. The highest BCUT2D eigenvalue weighted by Crippen LogP contribution is 2.02. The Morgan fingerprint density at radius 3 is 2.56 bits per heavy atom. The Morgan fingerprint density at radius 1 is 1.31 bits per heavy atom. The summed E-state index contributed by atoms with van der Waals surface area (Å²) in [5.74, 6) is -0.726. The second kappa shape index (κ2) is 8.46. The van der Waals surface area contributed by atoms with Crippen molar-refractivity contribution < 1.29 is 24.1 Å². The van der Waals surface area contributed by atoms with Gasteiger partial charge in [-0.2, -0.15) is 0 Å². The zero-order valence-electron chi connectivity index (χ0n) is 9.90. The van der Waals surface area contributed by atoms with E-state index < -0.39 is 11.6 Å². The van der Waals surface area contributed by atoms with Crippen LogP contribution in [0.5, 0.6) is 0 Å². The average molecular weight is 235 g/mol. The molecule has 96 valence electrons. The van der Waals surface area contributed by atoms with Crippen molar-refractivity contribution in [3.63, 3.8) is 0 Å². The van der Waals surface area contributed by atoms with Crippen LogP contribution in [-0.2, 0) is 19.0 Å². The number of esters is 1. The van der Waals surface area contributed by atoms with Gasteiger partial charge in [-0.1, -0.05) is 0 Å². The van der Waals surface area contributed by atoms with Crippen molar-refractivity contribution in [3.8, 4) is 0 Å². The molecule has 0 aliphatic carbocycles. The lowest BCUT2D eigenvalue weighted by molar-refractivity contribution is -0.164. The van der Waals surface area contributed by atoms with Gasteiger partial charge in [-0.15, -0.1) is 0 Å². The molecule has 0 aromatic rings. The quantitative estimate of drug-likeness (QED) is 0.405. The summed E-state index contributed by atoms with van der Waals surface area (Å²) in [5, 5.41) is 9.41. The minimum Gasteiger partial charge on any atom is -0.461 e. The van der Waals surface area contributed by atoms with E-state index in [1.54, 1.807) is 7.11 Å². The van der Waals surface area contributed by atoms with E-state index >= 15 is 0 Å². The van der Waals surface area contributed by atoms with Crippen LogP contribution in [0.2, 0.25) is 0 Å². The highest BCUT2D eigenvalue weighted by atomic mass is 16.6. The molecule has 0 aromatic heterocycles. The SMILES string of the molecule is COCCCOCCOC(=O)C(C)(O)CN. The zero-order valence-corrected chi connectivity index (χ0v) is 9.90. The van der Waals surface area contributed by atoms with Gasteiger partial charge in [-0.25, -0.2) is 4.79 Å². The lowest BCUT2D eigenvalue weighted by Crippen LogP contribution is -2.44. The molecule has 0 saturated carbocycles. The molecule has 0 bridgehead atoms. The molecule has 0 aromatic carbocycles. The molecule has 0 rings (SSSR count). The summed E-state index contributed by atoms with van der Waals surface area (Å²) in [6, 6.07) is 0. The van der Waals surface area contributed by atoms with Gasteiger partial charge in [0.25, 0.3) is 0 Å². The molecule has 1 atom stereocenters. The van der Waals surface area contributed by atoms with Gasteiger partial charge in [0.1, 0.15) is 6.61 Å². The van der Waals surface area contributed by atoms with E-state index in [1.165, 1.54) is 6.92 Å². The highest BCUT2D eigenvalue weighted by Gasteiger charge is 2.29. The molecule has 0 saturated heterocycles. The van der Waals surface area contributed by atoms with Crippen LogP contribution in [0.1, 0.15) is 13.3 Å². The molecular formula is C10H21NO5. The minimum atomic E-state index is -1.62. The summed E-state index contributed by atoms with van der Waals surface area (Å²) in [6.45, 7) is 2.76. The van der Waals surface area contributed by atoms with Crippen LogP contribution in [-0.4, -0.2) is 56.8 Å². The van der Waals surface area contributed by atoms with Crippen LogP contribution < -0.4 is 5.73 Å². The Morgan fingerprint density at radius 2 is 2.00 bits per heavy atom. The normalized spacial score (nSPS) is 14.5. The van der Waals surface area contributed by atoms with Crippen LogP contribution in [0.3, 0.4) is 0 Å². The third-order valence-corrected chi connectivity index (χ3v) is 1.94. The van der Waals surface area contributed by atoms with Gasteiger partial charge in [0.15, 0.2) is 5.60 Å². The van der Waals surface area contributed by atoms with Gasteiger partial charge < -0.3 is 25.1 Å². The summed E-state index contributed by atoms with van der Waals surface area (Å²) in [7, 11) is 1.62. The molecule has 6 heteroatoms. The van der Waals surface area contributed by atoms with Crippen LogP contribution in [0.15, 0.2) is 0 Å². The zero-order chi connectivity index (χ0) is 12.4. The highest BCUT2D eigenvalue weighted by molar-refractivity contribution is 5.78. The molecule has 3 N–H and O–H groups in total.